The molecule has 0 spiro atoms. The first kappa shape index (κ1) is 37.3. The Kier molecular flexibility index (Phi) is 17.5. The van der Waals surface area contributed by atoms with E-state index in [0.29, 0.717) is 6.42 Å². The number of ether oxygens (including phenoxy) is 1. The summed E-state index contributed by atoms with van der Waals surface area (Å²) < 4.78 is 6.29. The highest BCUT2D eigenvalue weighted by Crippen LogP contribution is 2.33. The largest absolute Gasteiger partial charge is 0.493 e. The van der Waals surface area contributed by atoms with Gasteiger partial charge in [-0.25, -0.2) is 0 Å². The first-order chi connectivity index (χ1) is 20.3. The maximum absolute atomic E-state index is 13.1. The number of hydrogen-bond donors (Lipinski definition) is 1. The van der Waals surface area contributed by atoms with Crippen LogP contribution in [0.25, 0.3) is 0 Å². The third-order valence-corrected chi connectivity index (χ3v) is 8.98. The van der Waals surface area contributed by atoms with Gasteiger partial charge in [-0.2, -0.15) is 0 Å². The summed E-state index contributed by atoms with van der Waals surface area (Å²) in [4.78, 5) is 16.7. The molecular weight excluding hydrogens is 616 g/mol. The van der Waals surface area contributed by atoms with Gasteiger partial charge in [0.15, 0.2) is 0 Å². The molecule has 0 saturated heterocycles. The predicted octanol–water partition coefficient (Wildman–Crippen LogP) is 11.2. The monoisotopic (exact) mass is 672 g/mol. The summed E-state index contributed by atoms with van der Waals surface area (Å²) in [5, 5.41) is 3.17. The van der Waals surface area contributed by atoms with Crippen molar-refractivity contribution in [3.63, 3.8) is 0 Å². The number of anilines is 1. The van der Waals surface area contributed by atoms with Gasteiger partial charge in [0.05, 0.1) is 18.9 Å². The Hall–Kier alpha value is -1.92. The zero-order valence-corrected chi connectivity index (χ0v) is 30.0. The van der Waals surface area contributed by atoms with Crippen molar-refractivity contribution in [2.75, 3.05) is 17.8 Å². The highest BCUT2D eigenvalue weighted by Gasteiger charge is 2.21. The van der Waals surface area contributed by atoms with Crippen LogP contribution in [0.3, 0.4) is 0 Å². The quantitative estimate of drug-likeness (QED) is 0.151. The first-order valence-electron chi connectivity index (χ1n) is 16.5. The lowest BCUT2D eigenvalue weighted by atomic mass is 9.85. The van der Waals surface area contributed by atoms with Crippen molar-refractivity contribution in [2.45, 2.75) is 130 Å². The maximum atomic E-state index is 13.1. The fourth-order valence-electron chi connectivity index (χ4n) is 5.51. The van der Waals surface area contributed by atoms with Crippen LogP contribution in [0.4, 0.5) is 5.69 Å². The van der Waals surface area contributed by atoms with Gasteiger partial charge in [-0.05, 0) is 52.5 Å². The zero-order chi connectivity index (χ0) is 30.2. The third kappa shape index (κ3) is 14.2. The van der Waals surface area contributed by atoms with Crippen molar-refractivity contribution < 1.29 is 9.53 Å². The number of nitrogens with one attached hydrogen (secondary N) is 1. The van der Waals surface area contributed by atoms with Crippen LogP contribution in [0.15, 0.2) is 53.6 Å². The molecule has 1 N–H and O–H groups in total. The molecule has 2 aromatic rings. The Morgan fingerprint density at radius 3 is 2.14 bits per heavy atom. The molecule has 4 nitrogen and oxygen atoms in total. The molecule has 0 saturated carbocycles. The summed E-state index contributed by atoms with van der Waals surface area (Å²) >= 11 is 1.85. The molecule has 0 fully saturated rings. The van der Waals surface area contributed by atoms with Crippen LogP contribution in [0.1, 0.15) is 128 Å². The van der Waals surface area contributed by atoms with Crippen LogP contribution in [0, 0.1) is 0 Å². The van der Waals surface area contributed by atoms with Gasteiger partial charge in [0.25, 0.3) is 0 Å². The molecule has 0 aromatic heterocycles. The van der Waals surface area contributed by atoms with E-state index in [2.05, 4.69) is 69.2 Å². The van der Waals surface area contributed by atoms with Gasteiger partial charge >= 0.3 is 0 Å². The molecule has 0 unspecified atom stereocenters. The minimum Gasteiger partial charge on any atom is -0.493 e. The summed E-state index contributed by atoms with van der Waals surface area (Å²) in [6.45, 7) is 12.6. The van der Waals surface area contributed by atoms with Crippen molar-refractivity contribution in [2.24, 2.45) is 0 Å². The molecule has 3 rings (SSSR count). The maximum Gasteiger partial charge on any atom is 0.228 e. The zero-order valence-electron chi connectivity index (χ0n) is 27.5. The van der Waals surface area contributed by atoms with E-state index in [0.717, 1.165) is 48.0 Å². The van der Waals surface area contributed by atoms with Crippen molar-refractivity contribution in [3.8, 4) is 5.75 Å². The number of thioether (sulfide) groups is 1. The summed E-state index contributed by atoms with van der Waals surface area (Å²) in [7, 11) is 0. The van der Waals surface area contributed by atoms with Gasteiger partial charge in [-0.1, -0.05) is 129 Å². The Labute approximate surface area is 277 Å². The minimum absolute atomic E-state index is 0. The topological polar surface area (TPSA) is 41.6 Å². The highest BCUT2D eigenvalue weighted by atomic mass is 79.9. The third-order valence-electron chi connectivity index (χ3n) is 7.96. The molecule has 6 heteroatoms. The number of allylic oxidation sites excluding steroid dienone is 1. The second-order valence-electron chi connectivity index (χ2n) is 13.0. The fourth-order valence-corrected chi connectivity index (χ4v) is 6.27. The summed E-state index contributed by atoms with van der Waals surface area (Å²) in [5.74, 6) is 1.92. The number of hydrogen-bond acceptors (Lipinski definition) is 4. The van der Waals surface area contributed by atoms with E-state index in [4.69, 9.17) is 4.74 Å². The standard InChI is InChI=1S/C37H56N2O2S.BrH/c1-6-7-8-9-10-11-12-13-14-15-16-19-24-41-35-23-22-31(25-33(35)37(3,4)5)26-36(40)38-34-21-18-17-20-32(34)28-39-27-30(2)42-29-39;/h17-18,20-23,25,27H,6-16,19,24,26,28-29H2,1-5H3,(H,38,40);1H. The average Bonchev–Trinajstić information content (AvgIpc) is 3.36. The molecule has 2 aromatic carbocycles. The van der Waals surface area contributed by atoms with E-state index >= 15 is 0 Å². The number of benzene rings is 2. The molecular formula is C37H57BrN2O2S. The van der Waals surface area contributed by atoms with Crippen LogP contribution in [-0.2, 0) is 23.2 Å². The van der Waals surface area contributed by atoms with Crippen LogP contribution >= 0.6 is 28.7 Å². The number of nitrogens with zero attached hydrogens (tertiary/aromatic N) is 1. The van der Waals surface area contributed by atoms with E-state index < -0.39 is 0 Å². The van der Waals surface area contributed by atoms with E-state index in [1.165, 1.54) is 81.1 Å². The molecule has 1 heterocycles. The molecule has 240 valence electrons. The normalized spacial score (nSPS) is 13.0. The number of rotatable bonds is 19. The minimum atomic E-state index is -0.0651. The Morgan fingerprint density at radius 1 is 0.907 bits per heavy atom. The fraction of sp³-hybridized carbons (Fsp3) is 0.595. The smallest absolute Gasteiger partial charge is 0.228 e. The van der Waals surface area contributed by atoms with Crippen molar-refractivity contribution >= 4 is 40.3 Å². The highest BCUT2D eigenvalue weighted by molar-refractivity contribution is 8.93. The van der Waals surface area contributed by atoms with Gasteiger partial charge in [-0.3, -0.25) is 4.79 Å². The number of halogens is 1. The van der Waals surface area contributed by atoms with Crippen LogP contribution < -0.4 is 10.1 Å². The summed E-state index contributed by atoms with van der Waals surface area (Å²) in [5.41, 5.74) is 4.14. The average molecular weight is 674 g/mol. The molecule has 1 amide bonds. The van der Waals surface area contributed by atoms with E-state index in [9.17, 15) is 4.79 Å². The molecule has 0 aliphatic carbocycles. The lowest BCUT2D eigenvalue weighted by Crippen LogP contribution is -2.19. The van der Waals surface area contributed by atoms with Gasteiger partial charge in [0.1, 0.15) is 5.75 Å². The Morgan fingerprint density at radius 2 is 1.53 bits per heavy atom. The lowest BCUT2D eigenvalue weighted by molar-refractivity contribution is -0.115. The summed E-state index contributed by atoms with van der Waals surface area (Å²) in [6, 6.07) is 14.4. The first-order valence-corrected chi connectivity index (χ1v) is 17.4. The molecule has 0 atom stereocenters. The molecule has 0 bridgehead atoms. The van der Waals surface area contributed by atoms with Crippen LogP contribution in [0.2, 0.25) is 0 Å². The number of para-hydroxylation sites is 1. The Bertz CT molecular complexity index is 1130. The van der Waals surface area contributed by atoms with Crippen molar-refractivity contribution in [1.82, 2.24) is 4.90 Å². The summed E-state index contributed by atoms with van der Waals surface area (Å²) in [6.07, 6.45) is 18.6. The molecule has 43 heavy (non-hydrogen) atoms. The van der Waals surface area contributed by atoms with Gasteiger partial charge in [0.2, 0.25) is 5.91 Å². The number of amides is 1. The van der Waals surface area contributed by atoms with Gasteiger partial charge in [-0.15, -0.1) is 28.7 Å². The number of carbonyl (C=O) groups excluding carboxylic acids is 1. The second-order valence-corrected chi connectivity index (χ2v) is 14.2. The van der Waals surface area contributed by atoms with Crippen LogP contribution in [-0.4, -0.2) is 23.3 Å². The van der Waals surface area contributed by atoms with Crippen molar-refractivity contribution in [3.05, 3.63) is 70.3 Å². The van der Waals surface area contributed by atoms with Gasteiger partial charge < -0.3 is 15.0 Å². The number of unbranched alkanes of at least 4 members (excludes halogenated alkanes) is 11. The van der Waals surface area contributed by atoms with Gasteiger partial charge in [0, 0.05) is 18.4 Å². The number of carbonyl (C=O) groups is 1. The Balaban J connectivity index is 0.00000645. The van der Waals surface area contributed by atoms with E-state index in [1.807, 2.05) is 36.0 Å². The lowest BCUT2D eigenvalue weighted by Gasteiger charge is -2.24. The SMILES string of the molecule is Br.CCCCCCCCCCCCCCOc1ccc(CC(=O)Nc2ccccc2CN2C=C(C)SC2)cc1C(C)(C)C. The predicted molar refractivity (Wildman–Crippen MR) is 193 cm³/mol. The van der Waals surface area contributed by atoms with Crippen molar-refractivity contribution in [1.29, 1.82) is 0 Å². The molecule has 1 aliphatic heterocycles. The molecule has 1 aliphatic rings. The van der Waals surface area contributed by atoms with Crippen LogP contribution in [0.5, 0.6) is 5.75 Å². The second kappa shape index (κ2) is 20.2. The van der Waals surface area contributed by atoms with E-state index in [1.54, 1.807) is 0 Å². The molecule has 0 radical (unpaired) electrons. The van der Waals surface area contributed by atoms with E-state index in [-0.39, 0.29) is 28.3 Å².